The molecule has 1 atom stereocenters. The zero-order chi connectivity index (χ0) is 28.0. The molecule has 1 N–H and O–H groups in total. The Balaban J connectivity index is 1.74. The van der Waals surface area contributed by atoms with Gasteiger partial charge in [0.2, 0.25) is 11.8 Å². The van der Waals surface area contributed by atoms with E-state index < -0.39 is 40.2 Å². The summed E-state index contributed by atoms with van der Waals surface area (Å²) in [6.07, 6.45) is 0. The van der Waals surface area contributed by atoms with Crippen molar-refractivity contribution in [3.63, 3.8) is 0 Å². The van der Waals surface area contributed by atoms with Gasteiger partial charge in [-0.15, -0.1) is 0 Å². The number of carbonyl (C=O) groups is 2. The van der Waals surface area contributed by atoms with Crippen LogP contribution in [0.4, 0.5) is 10.1 Å². The van der Waals surface area contributed by atoms with Crippen LogP contribution in [0.1, 0.15) is 19.4 Å². The predicted octanol–water partition coefficient (Wildman–Crippen LogP) is 3.35. The lowest BCUT2D eigenvalue weighted by Crippen LogP contribution is -2.51. The lowest BCUT2D eigenvalue weighted by atomic mass is 10.1. The largest absolute Gasteiger partial charge is 0.486 e. The third kappa shape index (κ3) is 6.31. The quantitative estimate of drug-likeness (QED) is 0.412. The second-order valence-electron chi connectivity index (χ2n) is 8.84. The van der Waals surface area contributed by atoms with Crippen LogP contribution >= 0.6 is 0 Å². The van der Waals surface area contributed by atoms with Crippen LogP contribution in [0.5, 0.6) is 11.5 Å². The number of hydrogen-bond acceptors (Lipinski definition) is 6. The zero-order valence-electron chi connectivity index (χ0n) is 21.7. The number of likely N-dealkylation sites (N-methyl/N-ethyl adjacent to an activating group) is 1. The van der Waals surface area contributed by atoms with E-state index in [4.69, 9.17) is 9.47 Å². The summed E-state index contributed by atoms with van der Waals surface area (Å²) >= 11 is 0. The maximum Gasteiger partial charge on any atom is 0.264 e. The van der Waals surface area contributed by atoms with Crippen LogP contribution in [0.2, 0.25) is 0 Å². The van der Waals surface area contributed by atoms with Crippen molar-refractivity contribution in [1.82, 2.24) is 10.2 Å². The summed E-state index contributed by atoms with van der Waals surface area (Å²) in [6, 6.07) is 17.2. The van der Waals surface area contributed by atoms with Crippen molar-refractivity contribution in [2.75, 3.05) is 30.6 Å². The molecule has 11 heteroatoms. The predicted molar refractivity (Wildman–Crippen MR) is 144 cm³/mol. The first-order valence-corrected chi connectivity index (χ1v) is 13.9. The van der Waals surface area contributed by atoms with Gasteiger partial charge < -0.3 is 19.7 Å². The minimum Gasteiger partial charge on any atom is -0.486 e. The number of amides is 2. The number of ether oxygens (including phenoxy) is 2. The molecule has 39 heavy (non-hydrogen) atoms. The maximum atomic E-state index is 14.6. The van der Waals surface area contributed by atoms with Gasteiger partial charge in [-0.25, -0.2) is 12.8 Å². The van der Waals surface area contributed by atoms with E-state index in [1.807, 2.05) is 0 Å². The van der Waals surface area contributed by atoms with Gasteiger partial charge in [-0.2, -0.15) is 0 Å². The van der Waals surface area contributed by atoms with E-state index in [0.29, 0.717) is 31.3 Å². The number of fused-ring (bicyclic) bond motifs is 1. The number of nitrogens with one attached hydrogen (secondary N) is 1. The van der Waals surface area contributed by atoms with E-state index in [2.05, 4.69) is 5.32 Å². The number of halogens is 1. The highest BCUT2D eigenvalue weighted by atomic mass is 32.2. The number of hydrogen-bond donors (Lipinski definition) is 1. The molecule has 0 aliphatic carbocycles. The normalized spacial score (nSPS) is 13.3. The number of sulfonamides is 1. The molecular formula is C28H30FN3O6S. The van der Waals surface area contributed by atoms with Gasteiger partial charge in [0.05, 0.1) is 10.6 Å². The fraction of sp³-hybridized carbons (Fsp3) is 0.286. The Bertz CT molecular complexity index is 1430. The molecule has 0 spiro atoms. The molecule has 4 rings (SSSR count). The standard InChI is InChI=1S/C28H30FN3O6S/c1-3-30-28(34)20(2)31(18-21-9-7-8-12-24(21)29)27(33)19-32(39(35,36)23-10-5-4-6-11-23)22-13-14-25-26(17-22)38-16-15-37-25/h4-14,17,20H,3,15-16,18-19H2,1-2H3,(H,30,34). The van der Waals surface area contributed by atoms with Gasteiger partial charge in [-0.3, -0.25) is 13.9 Å². The van der Waals surface area contributed by atoms with Gasteiger partial charge in [0.25, 0.3) is 10.0 Å². The number of benzene rings is 3. The number of carbonyl (C=O) groups excluding carboxylic acids is 2. The Morgan fingerprint density at radius 2 is 1.64 bits per heavy atom. The van der Waals surface area contributed by atoms with Crippen molar-refractivity contribution >= 4 is 27.5 Å². The van der Waals surface area contributed by atoms with Gasteiger partial charge in [-0.1, -0.05) is 36.4 Å². The fourth-order valence-corrected chi connectivity index (χ4v) is 5.58. The molecule has 1 aliphatic rings. The minimum atomic E-state index is -4.23. The summed E-state index contributed by atoms with van der Waals surface area (Å²) in [5.74, 6) is -0.873. The Morgan fingerprint density at radius 1 is 0.974 bits per heavy atom. The Labute approximate surface area is 227 Å². The zero-order valence-corrected chi connectivity index (χ0v) is 22.5. The van der Waals surface area contributed by atoms with E-state index >= 15 is 0 Å². The average Bonchev–Trinajstić information content (AvgIpc) is 2.95. The highest BCUT2D eigenvalue weighted by Gasteiger charge is 2.33. The molecule has 0 radical (unpaired) electrons. The van der Waals surface area contributed by atoms with Crippen molar-refractivity contribution in [1.29, 1.82) is 0 Å². The summed E-state index contributed by atoms with van der Waals surface area (Å²) in [7, 11) is -4.23. The van der Waals surface area contributed by atoms with Crippen molar-refractivity contribution in [3.05, 3.63) is 84.2 Å². The van der Waals surface area contributed by atoms with E-state index in [1.54, 1.807) is 37.3 Å². The summed E-state index contributed by atoms with van der Waals surface area (Å²) in [5.41, 5.74) is 0.367. The Hall–Kier alpha value is -4.12. The first-order valence-electron chi connectivity index (χ1n) is 12.5. The molecule has 1 heterocycles. The van der Waals surface area contributed by atoms with Crippen LogP contribution < -0.4 is 19.1 Å². The highest BCUT2D eigenvalue weighted by molar-refractivity contribution is 7.92. The molecular weight excluding hydrogens is 525 g/mol. The van der Waals surface area contributed by atoms with E-state index in [-0.39, 0.29) is 22.7 Å². The van der Waals surface area contributed by atoms with Crippen LogP contribution in [0, 0.1) is 5.82 Å². The lowest BCUT2D eigenvalue weighted by molar-refractivity contribution is -0.139. The number of rotatable bonds is 10. The SMILES string of the molecule is CCNC(=O)C(C)N(Cc1ccccc1F)C(=O)CN(c1ccc2c(c1)OCCO2)S(=O)(=O)c1ccccc1. The molecule has 1 aliphatic heterocycles. The summed E-state index contributed by atoms with van der Waals surface area (Å²) in [6.45, 7) is 3.37. The summed E-state index contributed by atoms with van der Waals surface area (Å²) in [4.78, 5) is 27.7. The summed E-state index contributed by atoms with van der Waals surface area (Å²) < 4.78 is 54.4. The molecule has 0 bridgehead atoms. The van der Waals surface area contributed by atoms with Crippen LogP contribution in [0.3, 0.4) is 0 Å². The van der Waals surface area contributed by atoms with Gasteiger partial charge >= 0.3 is 0 Å². The van der Waals surface area contributed by atoms with E-state index in [1.165, 1.54) is 54.3 Å². The second-order valence-corrected chi connectivity index (χ2v) is 10.7. The molecule has 0 aromatic heterocycles. The molecule has 206 valence electrons. The summed E-state index contributed by atoms with van der Waals surface area (Å²) in [5, 5.41) is 2.67. The average molecular weight is 556 g/mol. The van der Waals surface area contributed by atoms with Gasteiger partial charge in [0, 0.05) is 24.7 Å². The highest BCUT2D eigenvalue weighted by Crippen LogP contribution is 2.36. The topological polar surface area (TPSA) is 105 Å². The Morgan fingerprint density at radius 3 is 2.33 bits per heavy atom. The third-order valence-electron chi connectivity index (χ3n) is 6.24. The third-order valence-corrected chi connectivity index (χ3v) is 8.03. The van der Waals surface area contributed by atoms with Crippen LogP contribution in [-0.4, -0.2) is 57.5 Å². The molecule has 1 unspecified atom stereocenters. The molecule has 3 aromatic rings. The first-order chi connectivity index (χ1) is 18.7. The van der Waals surface area contributed by atoms with Crippen LogP contribution in [0.15, 0.2) is 77.7 Å². The minimum absolute atomic E-state index is 0.0230. The van der Waals surface area contributed by atoms with Crippen molar-refractivity contribution in [2.45, 2.75) is 31.3 Å². The Kier molecular flexibility index (Phi) is 8.70. The first kappa shape index (κ1) is 27.9. The van der Waals surface area contributed by atoms with Crippen LogP contribution in [0.25, 0.3) is 0 Å². The van der Waals surface area contributed by atoms with E-state index in [9.17, 15) is 22.4 Å². The molecule has 2 amide bonds. The molecule has 0 saturated carbocycles. The van der Waals surface area contributed by atoms with E-state index in [0.717, 1.165) is 4.31 Å². The van der Waals surface area contributed by atoms with Gasteiger partial charge in [0.1, 0.15) is 31.6 Å². The van der Waals surface area contributed by atoms with Crippen molar-refractivity contribution < 1.29 is 31.9 Å². The monoisotopic (exact) mass is 555 g/mol. The fourth-order valence-electron chi connectivity index (χ4n) is 4.15. The van der Waals surface area contributed by atoms with Crippen LogP contribution in [-0.2, 0) is 26.2 Å². The molecule has 9 nitrogen and oxygen atoms in total. The smallest absolute Gasteiger partial charge is 0.264 e. The second kappa shape index (κ2) is 12.2. The molecule has 0 saturated heterocycles. The maximum absolute atomic E-state index is 14.6. The number of nitrogens with zero attached hydrogens (tertiary/aromatic N) is 2. The molecule has 0 fully saturated rings. The van der Waals surface area contributed by atoms with Crippen molar-refractivity contribution in [3.8, 4) is 11.5 Å². The lowest BCUT2D eigenvalue weighted by Gasteiger charge is -2.32. The number of anilines is 1. The van der Waals surface area contributed by atoms with Gasteiger partial charge in [0.15, 0.2) is 11.5 Å². The van der Waals surface area contributed by atoms with Crippen molar-refractivity contribution in [2.24, 2.45) is 0 Å². The van der Waals surface area contributed by atoms with Gasteiger partial charge in [-0.05, 0) is 44.2 Å². The molecule has 3 aromatic carbocycles.